The van der Waals surface area contributed by atoms with Gasteiger partial charge in [-0.3, -0.25) is 9.59 Å². The SMILES string of the molecule is CC(C)CC(C)(O)CNC(=O)CN(C)C(=O)c1cccs1. The number of amides is 2. The molecule has 0 fully saturated rings. The summed E-state index contributed by atoms with van der Waals surface area (Å²) in [5, 5.41) is 14.6. The highest BCUT2D eigenvalue weighted by molar-refractivity contribution is 7.12. The molecule has 2 N–H and O–H groups in total. The molecule has 0 saturated heterocycles. The van der Waals surface area contributed by atoms with Gasteiger partial charge in [0.15, 0.2) is 0 Å². The molecule has 5 nitrogen and oxygen atoms in total. The van der Waals surface area contributed by atoms with Crippen molar-refractivity contribution in [2.24, 2.45) is 5.92 Å². The van der Waals surface area contributed by atoms with E-state index in [4.69, 9.17) is 0 Å². The molecule has 0 aliphatic carbocycles. The van der Waals surface area contributed by atoms with Gasteiger partial charge in [-0.1, -0.05) is 19.9 Å². The van der Waals surface area contributed by atoms with Crippen molar-refractivity contribution in [2.75, 3.05) is 20.1 Å². The standard InChI is InChI=1S/C15H24N2O3S/c1-11(2)8-15(3,20)10-16-13(18)9-17(4)14(19)12-6-5-7-21-12/h5-7,11,20H,8-10H2,1-4H3,(H,16,18). The number of hydrogen-bond acceptors (Lipinski definition) is 4. The van der Waals surface area contributed by atoms with E-state index in [1.54, 1.807) is 26.1 Å². The Morgan fingerprint density at radius 1 is 1.48 bits per heavy atom. The second-order valence-electron chi connectivity index (χ2n) is 6.01. The number of likely N-dealkylation sites (N-methyl/N-ethyl adjacent to an activating group) is 1. The van der Waals surface area contributed by atoms with E-state index < -0.39 is 5.60 Å². The highest BCUT2D eigenvalue weighted by Gasteiger charge is 2.23. The van der Waals surface area contributed by atoms with Crippen LogP contribution in [0.15, 0.2) is 17.5 Å². The highest BCUT2D eigenvalue weighted by Crippen LogP contribution is 2.15. The number of nitrogens with zero attached hydrogens (tertiary/aromatic N) is 1. The summed E-state index contributed by atoms with van der Waals surface area (Å²) in [4.78, 5) is 25.8. The van der Waals surface area contributed by atoms with Crippen molar-refractivity contribution >= 4 is 23.2 Å². The van der Waals surface area contributed by atoms with Crippen molar-refractivity contribution in [3.8, 4) is 0 Å². The number of thiophene rings is 1. The van der Waals surface area contributed by atoms with Crippen LogP contribution in [-0.4, -0.2) is 47.6 Å². The van der Waals surface area contributed by atoms with E-state index in [1.807, 2.05) is 19.2 Å². The molecule has 21 heavy (non-hydrogen) atoms. The summed E-state index contributed by atoms with van der Waals surface area (Å²) >= 11 is 1.35. The zero-order valence-electron chi connectivity index (χ0n) is 13.0. The maximum absolute atomic E-state index is 12.0. The van der Waals surface area contributed by atoms with Gasteiger partial charge in [-0.2, -0.15) is 0 Å². The predicted molar refractivity (Wildman–Crippen MR) is 84.4 cm³/mol. The van der Waals surface area contributed by atoms with Crippen LogP contribution in [0, 0.1) is 5.92 Å². The maximum atomic E-state index is 12.0. The van der Waals surface area contributed by atoms with Crippen LogP contribution < -0.4 is 5.32 Å². The molecule has 1 unspecified atom stereocenters. The lowest BCUT2D eigenvalue weighted by Gasteiger charge is -2.26. The Balaban J connectivity index is 2.41. The fraction of sp³-hybridized carbons (Fsp3) is 0.600. The molecule has 6 heteroatoms. The molecule has 0 spiro atoms. The van der Waals surface area contributed by atoms with E-state index >= 15 is 0 Å². The molecule has 0 aliphatic rings. The fourth-order valence-electron chi connectivity index (χ4n) is 2.17. The number of rotatable bonds is 7. The van der Waals surface area contributed by atoms with Crippen LogP contribution in [0.1, 0.15) is 36.9 Å². The van der Waals surface area contributed by atoms with Gasteiger partial charge in [0.1, 0.15) is 0 Å². The second kappa shape index (κ2) is 7.56. The van der Waals surface area contributed by atoms with Gasteiger partial charge in [0, 0.05) is 13.6 Å². The zero-order valence-corrected chi connectivity index (χ0v) is 13.9. The summed E-state index contributed by atoms with van der Waals surface area (Å²) in [6.07, 6.45) is 0.608. The molecule has 0 bridgehead atoms. The Hall–Kier alpha value is -1.40. The molecule has 1 heterocycles. The number of hydrogen-bond donors (Lipinski definition) is 2. The van der Waals surface area contributed by atoms with Gasteiger partial charge in [-0.05, 0) is 30.7 Å². The van der Waals surface area contributed by atoms with Gasteiger partial charge in [0.05, 0.1) is 17.0 Å². The third-order valence-electron chi connectivity index (χ3n) is 2.97. The maximum Gasteiger partial charge on any atom is 0.264 e. The van der Waals surface area contributed by atoms with Crippen LogP contribution in [0.3, 0.4) is 0 Å². The Morgan fingerprint density at radius 2 is 2.14 bits per heavy atom. The Bertz CT molecular complexity index is 469. The van der Waals surface area contributed by atoms with Gasteiger partial charge in [0.25, 0.3) is 5.91 Å². The Morgan fingerprint density at radius 3 is 2.67 bits per heavy atom. The highest BCUT2D eigenvalue weighted by atomic mass is 32.1. The topological polar surface area (TPSA) is 69.6 Å². The first-order chi connectivity index (χ1) is 9.71. The van der Waals surface area contributed by atoms with Crippen molar-refractivity contribution in [2.45, 2.75) is 32.8 Å². The van der Waals surface area contributed by atoms with E-state index in [1.165, 1.54) is 16.2 Å². The molecule has 1 aromatic rings. The summed E-state index contributed by atoms with van der Waals surface area (Å²) in [6, 6.07) is 3.53. The molecule has 0 radical (unpaired) electrons. The average Bonchev–Trinajstić information content (AvgIpc) is 2.87. The zero-order chi connectivity index (χ0) is 16.0. The van der Waals surface area contributed by atoms with Crippen LogP contribution in [0.5, 0.6) is 0 Å². The minimum Gasteiger partial charge on any atom is -0.388 e. The number of aliphatic hydroxyl groups is 1. The lowest BCUT2D eigenvalue weighted by atomic mass is 9.94. The summed E-state index contributed by atoms with van der Waals surface area (Å²) < 4.78 is 0. The quantitative estimate of drug-likeness (QED) is 0.805. The first-order valence-electron chi connectivity index (χ1n) is 6.99. The Labute approximate surface area is 130 Å². The third-order valence-corrected chi connectivity index (χ3v) is 3.83. The van der Waals surface area contributed by atoms with Gasteiger partial charge >= 0.3 is 0 Å². The van der Waals surface area contributed by atoms with Gasteiger partial charge in [0.2, 0.25) is 5.91 Å². The summed E-state index contributed by atoms with van der Waals surface area (Å²) in [5.74, 6) is -0.0968. The van der Waals surface area contributed by atoms with Gasteiger partial charge in [-0.15, -0.1) is 11.3 Å². The molecule has 0 saturated carbocycles. The molecule has 0 aliphatic heterocycles. The van der Waals surface area contributed by atoms with Crippen molar-refractivity contribution in [1.29, 1.82) is 0 Å². The molecule has 1 rings (SSSR count). The summed E-state index contributed by atoms with van der Waals surface area (Å²) in [6.45, 7) is 5.90. The van der Waals surface area contributed by atoms with Crippen LogP contribution >= 0.6 is 11.3 Å². The van der Waals surface area contributed by atoms with Crippen molar-refractivity contribution in [1.82, 2.24) is 10.2 Å². The third kappa shape index (κ3) is 6.27. The molecule has 2 amide bonds. The predicted octanol–water partition coefficient (Wildman–Crippen LogP) is 1.73. The summed E-state index contributed by atoms with van der Waals surface area (Å²) in [7, 11) is 1.59. The van der Waals surface area contributed by atoms with E-state index in [-0.39, 0.29) is 24.9 Å². The van der Waals surface area contributed by atoms with Crippen LogP contribution in [-0.2, 0) is 4.79 Å². The first kappa shape index (κ1) is 17.7. The number of carbonyl (C=O) groups is 2. The molecule has 118 valence electrons. The number of carbonyl (C=O) groups excluding carboxylic acids is 2. The molecule has 1 aromatic heterocycles. The van der Waals surface area contributed by atoms with Crippen LogP contribution in [0.25, 0.3) is 0 Å². The minimum absolute atomic E-state index is 0.0194. The second-order valence-corrected chi connectivity index (χ2v) is 6.96. The van der Waals surface area contributed by atoms with Crippen LogP contribution in [0.4, 0.5) is 0 Å². The van der Waals surface area contributed by atoms with Gasteiger partial charge < -0.3 is 15.3 Å². The fourth-order valence-corrected chi connectivity index (χ4v) is 2.89. The molecule has 1 atom stereocenters. The average molecular weight is 312 g/mol. The lowest BCUT2D eigenvalue weighted by molar-refractivity contribution is -0.122. The van der Waals surface area contributed by atoms with E-state index in [2.05, 4.69) is 5.32 Å². The van der Waals surface area contributed by atoms with Crippen molar-refractivity contribution in [3.63, 3.8) is 0 Å². The largest absolute Gasteiger partial charge is 0.388 e. The minimum atomic E-state index is -0.930. The van der Waals surface area contributed by atoms with E-state index in [0.29, 0.717) is 17.2 Å². The molecular weight excluding hydrogens is 288 g/mol. The first-order valence-corrected chi connectivity index (χ1v) is 7.87. The van der Waals surface area contributed by atoms with Crippen LogP contribution in [0.2, 0.25) is 0 Å². The monoisotopic (exact) mass is 312 g/mol. The van der Waals surface area contributed by atoms with Crippen molar-refractivity contribution in [3.05, 3.63) is 22.4 Å². The van der Waals surface area contributed by atoms with E-state index in [9.17, 15) is 14.7 Å². The Kier molecular flexibility index (Phi) is 6.36. The normalized spacial score (nSPS) is 13.8. The lowest BCUT2D eigenvalue weighted by Crippen LogP contribution is -2.45. The molecule has 0 aromatic carbocycles. The van der Waals surface area contributed by atoms with Gasteiger partial charge in [-0.25, -0.2) is 0 Å². The smallest absolute Gasteiger partial charge is 0.264 e. The molecular formula is C15H24N2O3S. The van der Waals surface area contributed by atoms with E-state index in [0.717, 1.165) is 0 Å². The summed E-state index contributed by atoms with van der Waals surface area (Å²) in [5.41, 5.74) is -0.930. The number of nitrogens with one attached hydrogen (secondary N) is 1. The van der Waals surface area contributed by atoms with Crippen molar-refractivity contribution < 1.29 is 14.7 Å².